The summed E-state index contributed by atoms with van der Waals surface area (Å²) in [5.74, 6) is -2.17. The highest BCUT2D eigenvalue weighted by Crippen LogP contribution is 2.40. The number of Topliss-reactive ketones (excluding diaryl/α,β-unsaturated/α-hetero) is 1. The summed E-state index contributed by atoms with van der Waals surface area (Å²) in [7, 11) is 0. The number of carbonyl (C=O) groups is 2. The molecule has 34 heavy (non-hydrogen) atoms. The molecule has 174 valence electrons. The Morgan fingerprint density at radius 3 is 2.24 bits per heavy atom. The number of aromatic nitrogens is 3. The molecular formula is C23H17F3N4O4. The Hall–Kier alpha value is -4.12. The van der Waals surface area contributed by atoms with Gasteiger partial charge < -0.3 is 15.2 Å². The first-order valence-corrected chi connectivity index (χ1v) is 9.92. The molecule has 1 aliphatic heterocycles. The fourth-order valence-corrected chi connectivity index (χ4v) is 3.46. The van der Waals surface area contributed by atoms with Crippen LogP contribution < -0.4 is 10.1 Å². The molecule has 3 heterocycles. The van der Waals surface area contributed by atoms with E-state index in [-0.39, 0.29) is 28.1 Å². The van der Waals surface area contributed by atoms with E-state index in [4.69, 9.17) is 0 Å². The molecule has 0 fully saturated rings. The minimum Gasteiger partial charge on any atom is -0.406 e. The Morgan fingerprint density at radius 1 is 1.00 bits per heavy atom. The van der Waals surface area contributed by atoms with Crippen LogP contribution in [0.3, 0.4) is 0 Å². The second kappa shape index (κ2) is 8.34. The first kappa shape index (κ1) is 23.1. The lowest BCUT2D eigenvalue weighted by Crippen LogP contribution is -2.41. The van der Waals surface area contributed by atoms with Crippen molar-refractivity contribution in [2.75, 3.05) is 0 Å². The van der Waals surface area contributed by atoms with Crippen LogP contribution in [0, 0.1) is 13.8 Å². The number of halogens is 3. The minimum absolute atomic E-state index is 0.0843. The van der Waals surface area contributed by atoms with Crippen molar-refractivity contribution in [3.63, 3.8) is 0 Å². The van der Waals surface area contributed by atoms with Gasteiger partial charge in [-0.1, -0.05) is 0 Å². The first-order chi connectivity index (χ1) is 16.0. The number of benzene rings is 1. The summed E-state index contributed by atoms with van der Waals surface area (Å²) in [6, 6.07) is 10.5. The number of carbonyl (C=O) groups excluding carboxylic acids is 2. The molecular weight excluding hydrogens is 453 g/mol. The highest BCUT2D eigenvalue weighted by Gasteiger charge is 2.53. The van der Waals surface area contributed by atoms with Gasteiger partial charge in [0.1, 0.15) is 11.4 Å². The molecule has 0 bridgehead atoms. The van der Waals surface area contributed by atoms with E-state index in [9.17, 15) is 27.9 Å². The van der Waals surface area contributed by atoms with Gasteiger partial charge >= 0.3 is 6.36 Å². The molecule has 0 aliphatic carbocycles. The van der Waals surface area contributed by atoms with E-state index < -0.39 is 29.4 Å². The summed E-state index contributed by atoms with van der Waals surface area (Å²) in [5, 5.41) is 21.8. The molecule has 0 radical (unpaired) electrons. The summed E-state index contributed by atoms with van der Waals surface area (Å²) in [4.78, 5) is 30.6. The molecule has 1 aromatic carbocycles. The monoisotopic (exact) mass is 470 g/mol. The van der Waals surface area contributed by atoms with Crippen LogP contribution in [0.1, 0.15) is 33.0 Å². The Labute approximate surface area is 191 Å². The number of aryl methyl sites for hydroxylation is 2. The smallest absolute Gasteiger partial charge is 0.406 e. The van der Waals surface area contributed by atoms with E-state index in [0.29, 0.717) is 11.4 Å². The molecule has 3 aromatic rings. The summed E-state index contributed by atoms with van der Waals surface area (Å²) in [5.41, 5.74) is -1.71. The topological polar surface area (TPSA) is 114 Å². The number of rotatable bonds is 5. The van der Waals surface area contributed by atoms with E-state index in [1.807, 2.05) is 0 Å². The van der Waals surface area contributed by atoms with Crippen molar-refractivity contribution in [1.29, 1.82) is 0 Å². The number of aliphatic hydroxyl groups is 1. The van der Waals surface area contributed by atoms with Gasteiger partial charge in [0.15, 0.2) is 5.78 Å². The molecule has 1 aliphatic rings. The normalized spacial score (nSPS) is 18.1. The van der Waals surface area contributed by atoms with Gasteiger partial charge in [0.05, 0.1) is 17.0 Å². The standard InChI is InChI=1S/C23H17F3N4O4/c1-12-3-5-15(11-27-12)20(31)18-19(14-6-8-16(9-7-14)34-23(24,25)26)28-21(32)22(18,33)17-10-4-13(2)29-30-17/h3-11,33H,1-2H3,(H,28,32). The number of pyridine rings is 1. The van der Waals surface area contributed by atoms with Gasteiger partial charge in [-0.05, 0) is 67.9 Å². The maximum atomic E-state index is 13.5. The van der Waals surface area contributed by atoms with Crippen LogP contribution in [-0.4, -0.2) is 38.3 Å². The van der Waals surface area contributed by atoms with Gasteiger partial charge in [-0.25, -0.2) is 0 Å². The zero-order valence-corrected chi connectivity index (χ0v) is 17.8. The van der Waals surface area contributed by atoms with Crippen molar-refractivity contribution in [2.24, 2.45) is 0 Å². The maximum absolute atomic E-state index is 13.5. The Kier molecular flexibility index (Phi) is 5.65. The van der Waals surface area contributed by atoms with Crippen LogP contribution in [0.15, 0.2) is 60.3 Å². The zero-order valence-electron chi connectivity index (χ0n) is 17.8. The maximum Gasteiger partial charge on any atom is 0.573 e. The number of hydrogen-bond acceptors (Lipinski definition) is 7. The lowest BCUT2D eigenvalue weighted by molar-refractivity contribution is -0.274. The lowest BCUT2D eigenvalue weighted by Gasteiger charge is -2.22. The van der Waals surface area contributed by atoms with Crippen LogP contribution in [-0.2, 0) is 10.4 Å². The molecule has 0 saturated carbocycles. The van der Waals surface area contributed by atoms with E-state index in [1.165, 1.54) is 36.5 Å². The Morgan fingerprint density at radius 2 is 1.68 bits per heavy atom. The largest absolute Gasteiger partial charge is 0.573 e. The van der Waals surface area contributed by atoms with Gasteiger partial charge in [-0.2, -0.15) is 10.2 Å². The van der Waals surface area contributed by atoms with Crippen molar-refractivity contribution in [2.45, 2.75) is 25.8 Å². The number of amides is 1. The van der Waals surface area contributed by atoms with Crippen LogP contribution in [0.4, 0.5) is 13.2 Å². The molecule has 0 saturated heterocycles. The lowest BCUT2D eigenvalue weighted by atomic mass is 9.85. The summed E-state index contributed by atoms with van der Waals surface area (Å²) < 4.78 is 41.4. The van der Waals surface area contributed by atoms with Crippen LogP contribution in [0.5, 0.6) is 5.75 Å². The molecule has 11 heteroatoms. The van der Waals surface area contributed by atoms with Crippen LogP contribution >= 0.6 is 0 Å². The highest BCUT2D eigenvalue weighted by molar-refractivity contribution is 6.22. The van der Waals surface area contributed by atoms with Crippen LogP contribution in [0.2, 0.25) is 0 Å². The predicted octanol–water partition coefficient (Wildman–Crippen LogP) is 3.00. The molecule has 4 rings (SSSR count). The van der Waals surface area contributed by atoms with E-state index >= 15 is 0 Å². The van der Waals surface area contributed by atoms with Gasteiger partial charge in [-0.3, -0.25) is 14.6 Å². The quantitative estimate of drug-likeness (QED) is 0.551. The third-order valence-corrected chi connectivity index (χ3v) is 5.12. The van der Waals surface area contributed by atoms with Gasteiger partial charge in [0.2, 0.25) is 5.60 Å². The summed E-state index contributed by atoms with van der Waals surface area (Å²) in [6.07, 6.45) is -3.58. The minimum atomic E-state index is -4.88. The number of ether oxygens (including phenoxy) is 1. The van der Waals surface area contributed by atoms with Gasteiger partial charge in [0.25, 0.3) is 5.91 Å². The van der Waals surface area contributed by atoms with E-state index in [1.54, 1.807) is 19.9 Å². The zero-order chi connectivity index (χ0) is 24.7. The number of hydrogen-bond donors (Lipinski definition) is 2. The van der Waals surface area contributed by atoms with E-state index in [2.05, 4.69) is 25.2 Å². The fraction of sp³-hybridized carbons (Fsp3) is 0.174. The van der Waals surface area contributed by atoms with Crippen molar-refractivity contribution in [3.8, 4) is 5.75 Å². The number of nitrogens with one attached hydrogen (secondary N) is 1. The summed E-state index contributed by atoms with van der Waals surface area (Å²) >= 11 is 0. The number of ketones is 1. The summed E-state index contributed by atoms with van der Waals surface area (Å²) in [6.45, 7) is 3.38. The average Bonchev–Trinajstić information content (AvgIpc) is 3.05. The number of nitrogens with zero attached hydrogens (tertiary/aromatic N) is 3. The number of alkyl halides is 3. The third kappa shape index (κ3) is 4.25. The van der Waals surface area contributed by atoms with Gasteiger partial charge in [-0.15, -0.1) is 13.2 Å². The molecule has 1 amide bonds. The molecule has 8 nitrogen and oxygen atoms in total. The van der Waals surface area contributed by atoms with Crippen molar-refractivity contribution in [3.05, 3.63) is 88.5 Å². The molecule has 2 N–H and O–H groups in total. The SMILES string of the molecule is Cc1ccc(C(=O)C2=C(c3ccc(OC(F)(F)F)cc3)NC(=O)C2(O)c2ccc(C)nn2)cn1. The molecule has 1 atom stereocenters. The molecule has 2 aromatic heterocycles. The first-order valence-electron chi connectivity index (χ1n) is 9.92. The molecule has 1 unspecified atom stereocenters. The second-order valence-corrected chi connectivity index (χ2v) is 7.56. The Balaban J connectivity index is 1.88. The van der Waals surface area contributed by atoms with Crippen LogP contribution in [0.25, 0.3) is 5.70 Å². The Bertz CT molecular complexity index is 1290. The third-order valence-electron chi connectivity index (χ3n) is 5.12. The predicted molar refractivity (Wildman–Crippen MR) is 112 cm³/mol. The van der Waals surface area contributed by atoms with E-state index in [0.717, 1.165) is 12.1 Å². The second-order valence-electron chi connectivity index (χ2n) is 7.56. The average molecular weight is 470 g/mol. The van der Waals surface area contributed by atoms with Gasteiger partial charge in [0, 0.05) is 17.5 Å². The molecule has 0 spiro atoms. The highest BCUT2D eigenvalue weighted by atomic mass is 19.4. The van der Waals surface area contributed by atoms with Crippen molar-refractivity contribution in [1.82, 2.24) is 20.5 Å². The van der Waals surface area contributed by atoms with Crippen molar-refractivity contribution >= 4 is 17.4 Å². The van der Waals surface area contributed by atoms with Crippen molar-refractivity contribution < 1.29 is 32.6 Å². The fourth-order valence-electron chi connectivity index (χ4n) is 3.46.